The zero-order valence-corrected chi connectivity index (χ0v) is 12.1. The Balaban J connectivity index is 2.20. The van der Waals surface area contributed by atoms with Crippen LogP contribution in [-0.4, -0.2) is 24.9 Å². The van der Waals surface area contributed by atoms with Gasteiger partial charge in [-0.2, -0.15) is 0 Å². The Labute approximate surface area is 119 Å². The number of ether oxygens (including phenoxy) is 2. The highest BCUT2D eigenvalue weighted by Crippen LogP contribution is 2.23. The van der Waals surface area contributed by atoms with Gasteiger partial charge in [-0.15, -0.1) is 0 Å². The summed E-state index contributed by atoms with van der Waals surface area (Å²) in [6.45, 7) is 6.70. The zero-order chi connectivity index (χ0) is 14.6. The molecule has 0 unspecified atom stereocenters. The molecule has 2 rings (SSSR count). The van der Waals surface area contributed by atoms with E-state index in [1.54, 1.807) is 0 Å². The first-order valence-electron chi connectivity index (χ1n) is 6.80. The Hall–Kier alpha value is -1.83. The first kappa shape index (κ1) is 14.6. The van der Waals surface area contributed by atoms with Crippen LogP contribution in [-0.2, 0) is 20.7 Å². The van der Waals surface area contributed by atoms with Crippen molar-refractivity contribution in [3.63, 3.8) is 0 Å². The van der Waals surface area contributed by atoms with Gasteiger partial charge in [0, 0.05) is 31.4 Å². The first-order valence-corrected chi connectivity index (χ1v) is 6.80. The lowest BCUT2D eigenvalue weighted by Gasteiger charge is -2.22. The van der Waals surface area contributed by atoms with Crippen LogP contribution in [0.2, 0.25) is 0 Å². The van der Waals surface area contributed by atoms with Crippen molar-refractivity contribution < 1.29 is 14.3 Å². The lowest BCUT2D eigenvalue weighted by atomic mass is 10.1. The maximum absolute atomic E-state index is 11.3. The predicted octanol–water partition coefficient (Wildman–Crippen LogP) is 2.32. The van der Waals surface area contributed by atoms with Crippen LogP contribution in [0.15, 0.2) is 18.2 Å². The van der Waals surface area contributed by atoms with E-state index >= 15 is 0 Å². The molecule has 0 aliphatic carbocycles. The molecule has 1 amide bonds. The van der Waals surface area contributed by atoms with E-state index < -0.39 is 5.79 Å². The van der Waals surface area contributed by atoms with E-state index in [2.05, 4.69) is 17.2 Å². The molecule has 1 aliphatic rings. The van der Waals surface area contributed by atoms with Crippen LogP contribution in [0.1, 0.15) is 31.9 Å². The van der Waals surface area contributed by atoms with Crippen molar-refractivity contribution in [1.29, 1.82) is 0 Å². The summed E-state index contributed by atoms with van der Waals surface area (Å²) in [5.74, 6) is 5.21. The van der Waals surface area contributed by atoms with E-state index in [9.17, 15) is 4.79 Å². The molecule has 0 bridgehead atoms. The number of benzene rings is 1. The van der Waals surface area contributed by atoms with Crippen molar-refractivity contribution in [1.82, 2.24) is 0 Å². The van der Waals surface area contributed by atoms with Crippen molar-refractivity contribution in [2.45, 2.75) is 33.0 Å². The number of hydrogen-bond donors (Lipinski definition) is 1. The molecule has 4 nitrogen and oxygen atoms in total. The normalized spacial score (nSPS) is 13.4. The molecule has 4 heteroatoms. The van der Waals surface area contributed by atoms with Gasteiger partial charge in [0.1, 0.15) is 0 Å². The summed E-state index contributed by atoms with van der Waals surface area (Å²) in [6.07, 6.45) is 0.416. The highest BCUT2D eigenvalue weighted by atomic mass is 16.7. The van der Waals surface area contributed by atoms with E-state index in [1.807, 2.05) is 39.0 Å². The lowest BCUT2D eigenvalue weighted by molar-refractivity contribution is -0.179. The minimum Gasteiger partial charge on any atom is -0.340 e. The van der Waals surface area contributed by atoms with Crippen molar-refractivity contribution in [3.05, 3.63) is 29.3 Å². The molecule has 1 heterocycles. The number of amides is 1. The maximum atomic E-state index is 11.3. The fourth-order valence-electron chi connectivity index (χ4n) is 2.16. The summed E-state index contributed by atoms with van der Waals surface area (Å²) >= 11 is 0. The highest BCUT2D eigenvalue weighted by Gasteiger charge is 2.21. The van der Waals surface area contributed by atoms with Crippen LogP contribution in [0.25, 0.3) is 0 Å². The smallest absolute Gasteiger partial charge is 0.230 e. The maximum Gasteiger partial charge on any atom is 0.230 e. The SMILES string of the molecule is CCOC(C)(C#Cc1ccc2c(c1)CC(=O)N2)OCC. The molecule has 1 aromatic carbocycles. The third kappa shape index (κ3) is 3.38. The van der Waals surface area contributed by atoms with Gasteiger partial charge >= 0.3 is 0 Å². The van der Waals surface area contributed by atoms with Gasteiger partial charge < -0.3 is 14.8 Å². The summed E-state index contributed by atoms with van der Waals surface area (Å²) in [4.78, 5) is 11.3. The molecular formula is C16H19NO3. The van der Waals surface area contributed by atoms with Gasteiger partial charge in [-0.1, -0.05) is 5.92 Å². The van der Waals surface area contributed by atoms with Crippen LogP contribution < -0.4 is 5.32 Å². The highest BCUT2D eigenvalue weighted by molar-refractivity contribution is 5.99. The summed E-state index contributed by atoms with van der Waals surface area (Å²) in [5.41, 5.74) is 2.71. The van der Waals surface area contributed by atoms with Crippen LogP contribution in [0.5, 0.6) is 0 Å². The largest absolute Gasteiger partial charge is 0.340 e. The molecule has 0 fully saturated rings. The van der Waals surface area contributed by atoms with Crippen LogP contribution >= 0.6 is 0 Å². The lowest BCUT2D eigenvalue weighted by Crippen LogP contribution is -2.30. The number of carbonyl (C=O) groups is 1. The van der Waals surface area contributed by atoms with Gasteiger partial charge in [-0.05, 0) is 43.5 Å². The Morgan fingerprint density at radius 1 is 1.30 bits per heavy atom. The second-order valence-electron chi connectivity index (χ2n) is 4.66. The topological polar surface area (TPSA) is 47.6 Å². The summed E-state index contributed by atoms with van der Waals surface area (Å²) < 4.78 is 11.1. The van der Waals surface area contributed by atoms with Crippen LogP contribution in [0.3, 0.4) is 0 Å². The first-order chi connectivity index (χ1) is 9.56. The van der Waals surface area contributed by atoms with Gasteiger partial charge in [0.05, 0.1) is 6.42 Å². The quantitative estimate of drug-likeness (QED) is 0.676. The average Bonchev–Trinajstić information content (AvgIpc) is 2.76. The van der Waals surface area contributed by atoms with E-state index in [0.29, 0.717) is 19.6 Å². The molecule has 0 atom stereocenters. The number of anilines is 1. The van der Waals surface area contributed by atoms with E-state index in [4.69, 9.17) is 9.47 Å². The zero-order valence-electron chi connectivity index (χ0n) is 12.1. The van der Waals surface area contributed by atoms with Crippen molar-refractivity contribution in [2.75, 3.05) is 18.5 Å². The van der Waals surface area contributed by atoms with E-state index in [1.165, 1.54) is 0 Å². The summed E-state index contributed by atoms with van der Waals surface area (Å²) in [6, 6.07) is 5.69. The average molecular weight is 273 g/mol. The molecule has 0 spiro atoms. The molecule has 20 heavy (non-hydrogen) atoms. The molecule has 106 valence electrons. The van der Waals surface area contributed by atoms with Gasteiger partial charge in [0.2, 0.25) is 11.7 Å². The van der Waals surface area contributed by atoms with Gasteiger partial charge in [0.15, 0.2) is 0 Å². The molecule has 1 aliphatic heterocycles. The molecule has 1 aromatic rings. The van der Waals surface area contributed by atoms with Crippen LogP contribution in [0, 0.1) is 11.8 Å². The van der Waals surface area contributed by atoms with Crippen molar-refractivity contribution in [2.24, 2.45) is 0 Å². The summed E-state index contributed by atoms with van der Waals surface area (Å²) in [7, 11) is 0. The third-order valence-electron chi connectivity index (χ3n) is 3.00. The third-order valence-corrected chi connectivity index (χ3v) is 3.00. The standard InChI is InChI=1S/C16H19NO3/c1-4-19-16(3,20-5-2)9-8-12-6-7-14-13(10-12)11-15(18)17-14/h6-7,10H,4-5,11H2,1-3H3,(H,17,18). The van der Waals surface area contributed by atoms with E-state index in [-0.39, 0.29) is 5.91 Å². The van der Waals surface area contributed by atoms with Crippen LogP contribution in [0.4, 0.5) is 5.69 Å². The van der Waals surface area contributed by atoms with Crippen molar-refractivity contribution in [3.8, 4) is 11.8 Å². The number of hydrogen-bond acceptors (Lipinski definition) is 3. The van der Waals surface area contributed by atoms with E-state index in [0.717, 1.165) is 16.8 Å². The minimum atomic E-state index is -0.892. The number of nitrogens with one attached hydrogen (secondary N) is 1. The minimum absolute atomic E-state index is 0.0265. The Kier molecular flexibility index (Phi) is 4.43. The molecule has 1 N–H and O–H groups in total. The van der Waals surface area contributed by atoms with Gasteiger partial charge in [0.25, 0.3) is 0 Å². The predicted molar refractivity (Wildman–Crippen MR) is 77.3 cm³/mol. The fraction of sp³-hybridized carbons (Fsp3) is 0.438. The molecule has 0 aromatic heterocycles. The van der Waals surface area contributed by atoms with Crippen molar-refractivity contribution >= 4 is 11.6 Å². The second-order valence-corrected chi connectivity index (χ2v) is 4.66. The van der Waals surface area contributed by atoms with Gasteiger partial charge in [-0.3, -0.25) is 4.79 Å². The molecular weight excluding hydrogens is 254 g/mol. The van der Waals surface area contributed by atoms with Gasteiger partial charge in [-0.25, -0.2) is 0 Å². The Morgan fingerprint density at radius 2 is 2.00 bits per heavy atom. The summed E-state index contributed by atoms with van der Waals surface area (Å²) in [5, 5.41) is 2.80. The Bertz CT molecular complexity index is 563. The monoisotopic (exact) mass is 273 g/mol. The number of fused-ring (bicyclic) bond motifs is 1. The fourth-order valence-corrected chi connectivity index (χ4v) is 2.16. The Morgan fingerprint density at radius 3 is 2.65 bits per heavy atom. The molecule has 0 saturated carbocycles. The number of carbonyl (C=O) groups excluding carboxylic acids is 1. The molecule has 0 saturated heterocycles. The molecule has 0 radical (unpaired) electrons. The number of rotatable bonds is 4. The second kappa shape index (κ2) is 6.08.